The zero-order valence-corrected chi connectivity index (χ0v) is 11.0. The maximum Gasteiger partial charge on any atom is 0.255 e. The molecule has 4 heteroatoms. The van der Waals surface area contributed by atoms with Gasteiger partial charge in [0.1, 0.15) is 0 Å². The summed E-state index contributed by atoms with van der Waals surface area (Å²) in [5.74, 6) is 0.0400. The third-order valence-corrected chi connectivity index (χ3v) is 3.39. The summed E-state index contributed by atoms with van der Waals surface area (Å²) in [6.45, 7) is 5.23. The summed E-state index contributed by atoms with van der Waals surface area (Å²) in [6, 6.07) is 7.51. The molecule has 1 fully saturated rings. The molecule has 0 aromatic heterocycles. The van der Waals surface area contributed by atoms with Gasteiger partial charge in [-0.1, -0.05) is 12.1 Å². The Morgan fingerprint density at radius 1 is 1.41 bits per heavy atom. The van der Waals surface area contributed by atoms with E-state index in [1.165, 1.54) is 0 Å². The molecule has 1 aromatic rings. The minimum absolute atomic E-state index is 0.0400. The molecule has 0 N–H and O–H groups in total. The largest absolute Gasteiger partial charge is 0.375 e. The Bertz CT molecular complexity index is 422. The zero-order chi connectivity index (χ0) is 12.4. The summed E-state index contributed by atoms with van der Waals surface area (Å²) in [5, 5.41) is 0. The Labute approximate surface area is 107 Å². The molecule has 1 saturated heterocycles. The lowest BCUT2D eigenvalue weighted by molar-refractivity contribution is -0.0388. The van der Waals surface area contributed by atoms with Crippen LogP contribution in [0.3, 0.4) is 0 Å². The molecule has 0 bridgehead atoms. The highest BCUT2D eigenvalue weighted by Gasteiger charge is 2.28. The van der Waals surface area contributed by atoms with Crippen molar-refractivity contribution in [1.82, 2.24) is 4.90 Å². The summed E-state index contributed by atoms with van der Waals surface area (Å²) in [7, 11) is 0. The van der Waals surface area contributed by atoms with Crippen molar-refractivity contribution in [2.24, 2.45) is 0 Å². The minimum atomic E-state index is 0.0400. The second-order valence-electron chi connectivity index (χ2n) is 4.47. The summed E-state index contributed by atoms with van der Waals surface area (Å²) in [4.78, 5) is 15.0. The number of carbonyl (C=O) groups excluding carboxylic acids is 1. The number of thiol groups is 1. The molecule has 1 aliphatic rings. The lowest BCUT2D eigenvalue weighted by Gasteiger charge is -2.37. The maximum atomic E-state index is 12.4. The second-order valence-corrected chi connectivity index (χ2v) is 4.95. The van der Waals surface area contributed by atoms with E-state index in [0.29, 0.717) is 18.7 Å². The van der Waals surface area contributed by atoms with Crippen molar-refractivity contribution in [3.63, 3.8) is 0 Å². The average molecular weight is 251 g/mol. The van der Waals surface area contributed by atoms with Crippen LogP contribution in [0.1, 0.15) is 24.2 Å². The fourth-order valence-electron chi connectivity index (χ4n) is 2.00. The van der Waals surface area contributed by atoms with Gasteiger partial charge in [-0.25, -0.2) is 0 Å². The molecule has 17 heavy (non-hydrogen) atoms. The standard InChI is InChI=1S/C13H17NO2S/c1-9-8-16-10(2)7-14(9)13(15)11-5-3-4-6-12(11)17/h3-6,9-10,17H,7-8H2,1-2H3. The number of morpholine rings is 1. The average Bonchev–Trinajstić information content (AvgIpc) is 2.32. The minimum Gasteiger partial charge on any atom is -0.375 e. The molecule has 1 amide bonds. The molecule has 3 nitrogen and oxygen atoms in total. The number of carbonyl (C=O) groups is 1. The van der Waals surface area contributed by atoms with Gasteiger partial charge in [-0.05, 0) is 26.0 Å². The van der Waals surface area contributed by atoms with E-state index in [1.54, 1.807) is 0 Å². The first-order chi connectivity index (χ1) is 8.09. The van der Waals surface area contributed by atoms with Crippen molar-refractivity contribution < 1.29 is 9.53 Å². The Morgan fingerprint density at radius 3 is 2.82 bits per heavy atom. The van der Waals surface area contributed by atoms with Crippen LogP contribution in [0.2, 0.25) is 0 Å². The van der Waals surface area contributed by atoms with Crippen molar-refractivity contribution >= 4 is 18.5 Å². The quantitative estimate of drug-likeness (QED) is 0.776. The Kier molecular flexibility index (Phi) is 3.74. The van der Waals surface area contributed by atoms with Crippen LogP contribution in [-0.4, -0.2) is 36.1 Å². The Balaban J connectivity index is 2.22. The predicted octanol–water partition coefficient (Wildman–Crippen LogP) is 2.22. The number of amides is 1. The van der Waals surface area contributed by atoms with E-state index in [0.717, 1.165) is 4.90 Å². The van der Waals surface area contributed by atoms with Gasteiger partial charge in [0.2, 0.25) is 0 Å². The molecule has 0 aliphatic carbocycles. The summed E-state index contributed by atoms with van der Waals surface area (Å²) < 4.78 is 5.52. The number of rotatable bonds is 1. The molecule has 2 rings (SSSR count). The molecule has 92 valence electrons. The van der Waals surface area contributed by atoms with Crippen molar-refractivity contribution in [3.8, 4) is 0 Å². The van der Waals surface area contributed by atoms with Crippen LogP contribution in [0.4, 0.5) is 0 Å². The number of ether oxygens (including phenoxy) is 1. The van der Waals surface area contributed by atoms with Crippen LogP contribution < -0.4 is 0 Å². The molecule has 1 heterocycles. The van der Waals surface area contributed by atoms with Gasteiger partial charge >= 0.3 is 0 Å². The van der Waals surface area contributed by atoms with E-state index in [4.69, 9.17) is 4.74 Å². The predicted molar refractivity (Wildman–Crippen MR) is 69.6 cm³/mol. The van der Waals surface area contributed by atoms with Gasteiger partial charge in [0.05, 0.1) is 24.3 Å². The first-order valence-electron chi connectivity index (χ1n) is 5.80. The van der Waals surface area contributed by atoms with Crippen molar-refractivity contribution in [1.29, 1.82) is 0 Å². The molecule has 2 unspecified atom stereocenters. The van der Waals surface area contributed by atoms with Gasteiger partial charge in [-0.15, -0.1) is 12.6 Å². The third kappa shape index (κ3) is 2.64. The van der Waals surface area contributed by atoms with Crippen molar-refractivity contribution in [2.75, 3.05) is 13.2 Å². The van der Waals surface area contributed by atoms with E-state index in [1.807, 2.05) is 43.0 Å². The smallest absolute Gasteiger partial charge is 0.255 e. The highest BCUT2D eigenvalue weighted by atomic mass is 32.1. The normalized spacial score (nSPS) is 24.8. The van der Waals surface area contributed by atoms with E-state index in [2.05, 4.69) is 12.6 Å². The van der Waals surface area contributed by atoms with Crippen LogP contribution in [-0.2, 0) is 4.74 Å². The van der Waals surface area contributed by atoms with Gasteiger partial charge in [-0.3, -0.25) is 4.79 Å². The molecule has 2 atom stereocenters. The van der Waals surface area contributed by atoms with E-state index in [-0.39, 0.29) is 18.1 Å². The molecular formula is C13H17NO2S. The van der Waals surface area contributed by atoms with Gasteiger partial charge in [0.25, 0.3) is 5.91 Å². The lowest BCUT2D eigenvalue weighted by Crippen LogP contribution is -2.50. The van der Waals surface area contributed by atoms with Gasteiger partial charge in [0, 0.05) is 11.4 Å². The molecule has 1 aromatic carbocycles. The number of hydrogen-bond donors (Lipinski definition) is 1. The number of benzene rings is 1. The first-order valence-corrected chi connectivity index (χ1v) is 6.25. The van der Waals surface area contributed by atoms with Gasteiger partial charge < -0.3 is 9.64 Å². The summed E-state index contributed by atoms with van der Waals surface area (Å²) in [5.41, 5.74) is 0.664. The molecule has 0 spiro atoms. The molecule has 1 aliphatic heterocycles. The maximum absolute atomic E-state index is 12.4. The Morgan fingerprint density at radius 2 is 2.12 bits per heavy atom. The highest BCUT2D eigenvalue weighted by molar-refractivity contribution is 7.80. The van der Waals surface area contributed by atoms with Crippen LogP contribution in [0.25, 0.3) is 0 Å². The summed E-state index contributed by atoms with van der Waals surface area (Å²) in [6.07, 6.45) is 0.0993. The number of hydrogen-bond acceptors (Lipinski definition) is 3. The van der Waals surface area contributed by atoms with Gasteiger partial charge in [0.15, 0.2) is 0 Å². The first kappa shape index (κ1) is 12.5. The lowest BCUT2D eigenvalue weighted by atomic mass is 10.1. The Hall–Kier alpha value is -1.00. The third-order valence-electron chi connectivity index (χ3n) is 3.00. The topological polar surface area (TPSA) is 29.5 Å². The second kappa shape index (κ2) is 5.10. The molecule has 0 saturated carbocycles. The summed E-state index contributed by atoms with van der Waals surface area (Å²) >= 11 is 4.33. The highest BCUT2D eigenvalue weighted by Crippen LogP contribution is 2.19. The van der Waals surface area contributed by atoms with Crippen molar-refractivity contribution in [2.45, 2.75) is 30.9 Å². The van der Waals surface area contributed by atoms with Gasteiger partial charge in [-0.2, -0.15) is 0 Å². The van der Waals surface area contributed by atoms with E-state index >= 15 is 0 Å². The molecule has 0 radical (unpaired) electrons. The zero-order valence-electron chi connectivity index (χ0n) is 10.1. The fraction of sp³-hybridized carbons (Fsp3) is 0.462. The monoisotopic (exact) mass is 251 g/mol. The van der Waals surface area contributed by atoms with Crippen molar-refractivity contribution in [3.05, 3.63) is 29.8 Å². The molecular weight excluding hydrogens is 234 g/mol. The van der Waals surface area contributed by atoms with Crippen LogP contribution in [0.5, 0.6) is 0 Å². The van der Waals surface area contributed by atoms with E-state index < -0.39 is 0 Å². The van der Waals surface area contributed by atoms with Crippen LogP contribution in [0.15, 0.2) is 29.2 Å². The SMILES string of the molecule is CC1CN(C(=O)c2ccccc2S)C(C)CO1. The van der Waals surface area contributed by atoms with Crippen LogP contribution >= 0.6 is 12.6 Å². The van der Waals surface area contributed by atoms with Crippen LogP contribution in [0, 0.1) is 0 Å². The van der Waals surface area contributed by atoms with E-state index in [9.17, 15) is 4.79 Å². The fourth-order valence-corrected chi connectivity index (χ4v) is 2.25. The number of nitrogens with zero attached hydrogens (tertiary/aromatic N) is 1.